The number of H-pyrrole nitrogens is 1. The Morgan fingerprint density at radius 1 is 1.22 bits per heavy atom. The predicted molar refractivity (Wildman–Crippen MR) is 104 cm³/mol. The number of carbonyl (C=O) groups excluding carboxylic acids is 1. The maximum absolute atomic E-state index is 12.5. The van der Waals surface area contributed by atoms with E-state index in [1.165, 1.54) is 11.8 Å². The Bertz CT molecular complexity index is 1110. The summed E-state index contributed by atoms with van der Waals surface area (Å²) in [6.45, 7) is 4.17. The molecular weight excluding hydrogens is 362 g/mol. The lowest BCUT2D eigenvalue weighted by molar-refractivity contribution is -0.120. The molecule has 3 heterocycles. The lowest BCUT2D eigenvalue weighted by Crippen LogP contribution is -2.26. The average Bonchev–Trinajstić information content (AvgIpc) is 3.26. The first-order chi connectivity index (χ1) is 13.0. The van der Waals surface area contributed by atoms with Crippen LogP contribution in [0.3, 0.4) is 0 Å². The summed E-state index contributed by atoms with van der Waals surface area (Å²) >= 11 is 1.46. The van der Waals surface area contributed by atoms with Crippen molar-refractivity contribution in [2.45, 2.75) is 32.0 Å². The van der Waals surface area contributed by atoms with E-state index in [1.807, 2.05) is 44.4 Å². The summed E-state index contributed by atoms with van der Waals surface area (Å²) in [4.78, 5) is 29.0. The molecule has 9 heteroatoms. The van der Waals surface area contributed by atoms with Crippen LogP contribution in [0.15, 0.2) is 29.4 Å². The second kappa shape index (κ2) is 6.99. The summed E-state index contributed by atoms with van der Waals surface area (Å²) < 4.78 is 1.70. The van der Waals surface area contributed by atoms with Gasteiger partial charge in [0.15, 0.2) is 0 Å². The number of imidazole rings is 1. The topological polar surface area (TPSA) is 101 Å². The molecule has 0 saturated heterocycles. The van der Waals surface area contributed by atoms with Crippen molar-refractivity contribution < 1.29 is 4.79 Å². The van der Waals surface area contributed by atoms with Gasteiger partial charge in [-0.2, -0.15) is 4.98 Å². The Morgan fingerprint density at radius 3 is 2.81 bits per heavy atom. The predicted octanol–water partition coefficient (Wildman–Crippen LogP) is 2.20. The van der Waals surface area contributed by atoms with Crippen molar-refractivity contribution in [3.8, 4) is 0 Å². The lowest BCUT2D eigenvalue weighted by atomic mass is 10.1. The van der Waals surface area contributed by atoms with Crippen LogP contribution in [-0.2, 0) is 17.8 Å². The van der Waals surface area contributed by atoms with Crippen molar-refractivity contribution in [1.29, 1.82) is 0 Å². The van der Waals surface area contributed by atoms with Crippen molar-refractivity contribution in [2.75, 3.05) is 6.26 Å². The van der Waals surface area contributed by atoms with Gasteiger partial charge < -0.3 is 10.3 Å². The first kappa shape index (κ1) is 17.5. The molecule has 27 heavy (non-hydrogen) atoms. The van der Waals surface area contributed by atoms with Crippen LogP contribution in [0.1, 0.15) is 22.8 Å². The third kappa shape index (κ3) is 3.37. The summed E-state index contributed by atoms with van der Waals surface area (Å²) in [7, 11) is 0. The van der Waals surface area contributed by atoms with Crippen LogP contribution in [-0.4, -0.2) is 41.7 Å². The molecule has 138 valence electrons. The van der Waals surface area contributed by atoms with Crippen molar-refractivity contribution in [2.24, 2.45) is 0 Å². The summed E-state index contributed by atoms with van der Waals surface area (Å²) in [5.74, 6) is 1.20. The number of hydrogen-bond acceptors (Lipinski definition) is 6. The average molecular weight is 381 g/mol. The molecule has 4 rings (SSSR count). The SMILES string of the molecule is CSc1nc2nc(C)c(CC(=O)NCc3nc4ccccc4[nH]3)c(C)n2n1. The van der Waals surface area contributed by atoms with E-state index >= 15 is 0 Å². The zero-order valence-corrected chi connectivity index (χ0v) is 16.1. The standard InChI is InChI=1S/C18H19N7OS/c1-10-12(11(2)25-17(20-10)23-18(24-25)27-3)8-16(26)19-9-15-21-13-6-4-5-7-14(13)22-15/h4-7H,8-9H2,1-3H3,(H,19,26)(H,21,22). The molecule has 0 spiro atoms. The van der Waals surface area contributed by atoms with Crippen molar-refractivity contribution in [1.82, 2.24) is 34.9 Å². The van der Waals surface area contributed by atoms with Gasteiger partial charge in [0.05, 0.1) is 24.0 Å². The highest BCUT2D eigenvalue weighted by Crippen LogP contribution is 2.17. The highest BCUT2D eigenvalue weighted by molar-refractivity contribution is 7.98. The second-order valence-electron chi connectivity index (χ2n) is 6.23. The first-order valence-electron chi connectivity index (χ1n) is 8.52. The fraction of sp³-hybridized carbons (Fsp3) is 0.278. The van der Waals surface area contributed by atoms with Gasteiger partial charge in [-0.1, -0.05) is 23.9 Å². The van der Waals surface area contributed by atoms with Gasteiger partial charge in [0.1, 0.15) is 5.82 Å². The molecule has 0 atom stereocenters. The summed E-state index contributed by atoms with van der Waals surface area (Å²) in [5.41, 5.74) is 4.38. The molecule has 8 nitrogen and oxygen atoms in total. The number of nitrogens with zero attached hydrogens (tertiary/aromatic N) is 5. The molecule has 1 aromatic carbocycles. The highest BCUT2D eigenvalue weighted by Gasteiger charge is 2.16. The molecule has 0 saturated carbocycles. The number of para-hydroxylation sites is 2. The minimum atomic E-state index is -0.0898. The molecule has 2 N–H and O–H groups in total. The molecule has 0 aliphatic heterocycles. The smallest absolute Gasteiger partial charge is 0.253 e. The largest absolute Gasteiger partial charge is 0.349 e. The van der Waals surface area contributed by atoms with E-state index in [4.69, 9.17) is 0 Å². The number of thioether (sulfide) groups is 1. The number of hydrogen-bond donors (Lipinski definition) is 2. The molecule has 0 bridgehead atoms. The van der Waals surface area contributed by atoms with Crippen molar-refractivity contribution in [3.63, 3.8) is 0 Å². The first-order valence-corrected chi connectivity index (χ1v) is 9.75. The van der Waals surface area contributed by atoms with E-state index in [0.717, 1.165) is 33.8 Å². The highest BCUT2D eigenvalue weighted by atomic mass is 32.2. The number of aromatic amines is 1. The lowest BCUT2D eigenvalue weighted by Gasteiger charge is -2.10. The minimum absolute atomic E-state index is 0.0898. The monoisotopic (exact) mass is 381 g/mol. The molecule has 0 unspecified atom stereocenters. The Balaban J connectivity index is 1.50. The summed E-state index contributed by atoms with van der Waals surface area (Å²) in [6, 6.07) is 7.78. The number of aromatic nitrogens is 6. The Kier molecular flexibility index (Phi) is 4.53. The van der Waals surface area contributed by atoms with Gasteiger partial charge in [0.2, 0.25) is 11.1 Å². The van der Waals surface area contributed by atoms with Crippen LogP contribution >= 0.6 is 11.8 Å². The molecule has 0 radical (unpaired) electrons. The second-order valence-corrected chi connectivity index (χ2v) is 7.00. The van der Waals surface area contributed by atoms with Crippen LogP contribution in [0.25, 0.3) is 16.8 Å². The number of carbonyl (C=O) groups is 1. The van der Waals surface area contributed by atoms with Gasteiger partial charge in [-0.3, -0.25) is 4.79 Å². The number of fused-ring (bicyclic) bond motifs is 2. The third-order valence-corrected chi connectivity index (χ3v) is 4.98. The molecule has 0 aliphatic carbocycles. The van der Waals surface area contributed by atoms with Gasteiger partial charge in [-0.25, -0.2) is 14.5 Å². The van der Waals surface area contributed by atoms with Gasteiger partial charge in [-0.05, 0) is 32.2 Å². The minimum Gasteiger partial charge on any atom is -0.349 e. The summed E-state index contributed by atoms with van der Waals surface area (Å²) in [6.07, 6.45) is 2.15. The molecule has 3 aromatic heterocycles. The maximum atomic E-state index is 12.5. The maximum Gasteiger partial charge on any atom is 0.253 e. The van der Waals surface area contributed by atoms with Crippen LogP contribution in [0, 0.1) is 13.8 Å². The van der Waals surface area contributed by atoms with Crippen LogP contribution < -0.4 is 5.32 Å². The fourth-order valence-corrected chi connectivity index (χ4v) is 3.36. The van der Waals surface area contributed by atoms with E-state index in [2.05, 4.69) is 30.4 Å². The van der Waals surface area contributed by atoms with Crippen LogP contribution in [0.5, 0.6) is 0 Å². The van der Waals surface area contributed by atoms with Crippen molar-refractivity contribution >= 4 is 34.5 Å². The van der Waals surface area contributed by atoms with E-state index in [-0.39, 0.29) is 12.3 Å². The zero-order valence-electron chi connectivity index (χ0n) is 15.3. The van der Waals surface area contributed by atoms with Crippen molar-refractivity contribution in [3.05, 3.63) is 47.0 Å². The number of aryl methyl sites for hydroxylation is 2. The van der Waals surface area contributed by atoms with Gasteiger partial charge >= 0.3 is 0 Å². The van der Waals surface area contributed by atoms with Gasteiger partial charge in [0.25, 0.3) is 5.78 Å². The van der Waals surface area contributed by atoms with E-state index < -0.39 is 0 Å². The Hall–Kier alpha value is -2.94. The zero-order chi connectivity index (χ0) is 19.0. The molecule has 4 aromatic rings. The van der Waals surface area contributed by atoms with Crippen LogP contribution in [0.2, 0.25) is 0 Å². The Labute approximate surface area is 159 Å². The van der Waals surface area contributed by atoms with E-state index in [0.29, 0.717) is 17.5 Å². The normalized spacial score (nSPS) is 11.4. The Morgan fingerprint density at radius 2 is 2.04 bits per heavy atom. The molecule has 1 amide bonds. The van der Waals surface area contributed by atoms with E-state index in [9.17, 15) is 4.79 Å². The third-order valence-electron chi connectivity index (χ3n) is 4.44. The van der Waals surface area contributed by atoms with Gasteiger partial charge in [0, 0.05) is 17.0 Å². The number of nitrogens with one attached hydrogen (secondary N) is 2. The quantitative estimate of drug-likeness (QED) is 0.514. The number of benzene rings is 1. The van der Waals surface area contributed by atoms with Gasteiger partial charge in [-0.15, -0.1) is 5.10 Å². The van der Waals surface area contributed by atoms with E-state index in [1.54, 1.807) is 4.52 Å². The molecule has 0 fully saturated rings. The fourth-order valence-electron chi connectivity index (χ4n) is 3.03. The summed E-state index contributed by atoms with van der Waals surface area (Å²) in [5, 5.41) is 8.00. The molecule has 0 aliphatic rings. The van der Waals surface area contributed by atoms with Crippen LogP contribution in [0.4, 0.5) is 0 Å². The molecular formula is C18H19N7OS. The number of amides is 1. The number of rotatable bonds is 5.